The van der Waals surface area contributed by atoms with Gasteiger partial charge in [-0.2, -0.15) is 0 Å². The van der Waals surface area contributed by atoms with E-state index >= 15 is 0 Å². The zero-order valence-corrected chi connectivity index (χ0v) is 16.3. The molecule has 0 spiro atoms. The molecule has 1 aromatic carbocycles. The number of rotatable bonds is 3. The second-order valence-corrected chi connectivity index (χ2v) is 6.92. The Bertz CT molecular complexity index is 616. The van der Waals surface area contributed by atoms with E-state index < -0.39 is 0 Å². The van der Waals surface area contributed by atoms with E-state index in [9.17, 15) is 0 Å². The van der Waals surface area contributed by atoms with Crippen LogP contribution < -0.4 is 10.5 Å². The van der Waals surface area contributed by atoms with Crippen molar-refractivity contribution >= 4 is 0 Å². The van der Waals surface area contributed by atoms with Crippen LogP contribution in [0.5, 0.6) is 5.75 Å². The van der Waals surface area contributed by atoms with Crippen molar-refractivity contribution in [2.24, 2.45) is 12.8 Å². The first-order valence-electron chi connectivity index (χ1n) is 8.17. The van der Waals surface area contributed by atoms with Crippen LogP contribution in [0.2, 0.25) is 0 Å². The van der Waals surface area contributed by atoms with E-state index in [-0.39, 0.29) is 0 Å². The van der Waals surface area contributed by atoms with Gasteiger partial charge in [-0.3, -0.25) is 0 Å². The third-order valence-electron chi connectivity index (χ3n) is 4.28. The van der Waals surface area contributed by atoms with Crippen molar-refractivity contribution in [3.63, 3.8) is 0 Å². The molecule has 2 N–H and O–H groups in total. The summed E-state index contributed by atoms with van der Waals surface area (Å²) in [6.45, 7) is 0.587. The van der Waals surface area contributed by atoms with Gasteiger partial charge in [-0.25, -0.2) is 0 Å². The molecule has 1 aliphatic rings. The van der Waals surface area contributed by atoms with Crippen LogP contribution in [0, 0.1) is 3.80 Å². The van der Waals surface area contributed by atoms with Crippen molar-refractivity contribution in [3.05, 3.63) is 46.0 Å². The molecule has 0 radical (unpaired) electrons. The van der Waals surface area contributed by atoms with Crippen molar-refractivity contribution in [1.82, 2.24) is 9.13 Å². The Morgan fingerprint density at radius 3 is 2.26 bits per heavy atom. The van der Waals surface area contributed by atoms with Crippen molar-refractivity contribution in [2.75, 3.05) is 7.11 Å². The quantitative estimate of drug-likeness (QED) is 0.707. The summed E-state index contributed by atoms with van der Waals surface area (Å²) < 4.78 is 10.9. The fourth-order valence-corrected chi connectivity index (χ4v) is 3.60. The average Bonchev–Trinajstić information content (AvgIpc) is 2.95. The molecule has 1 aliphatic carbocycles. The minimum atomic E-state index is 0.587. The molecular weight excluding hydrogens is 469 g/mol. The van der Waals surface area contributed by atoms with Gasteiger partial charge < -0.3 is 10.5 Å². The summed E-state index contributed by atoms with van der Waals surface area (Å²) in [6.07, 6.45) is 11.3. The van der Waals surface area contributed by atoms with Crippen molar-refractivity contribution in [3.8, 4) is 5.75 Å². The van der Waals surface area contributed by atoms with Gasteiger partial charge in [0, 0.05) is 6.54 Å². The molecular formula is C18H27N3OPt. The van der Waals surface area contributed by atoms with Crippen molar-refractivity contribution in [1.29, 1.82) is 0 Å². The second-order valence-electron chi connectivity index (χ2n) is 5.90. The Balaban J connectivity index is 0.000000174. The van der Waals surface area contributed by atoms with E-state index in [1.807, 2.05) is 24.3 Å². The summed E-state index contributed by atoms with van der Waals surface area (Å²) in [5.74, 6) is 0.872. The molecule has 0 atom stereocenters. The molecule has 0 saturated heterocycles. The SMILES string of the molecule is COc1ccc(CN)cc1.Cn1ccn(C2CCCCC2)[c]1=[Pt]. The van der Waals surface area contributed by atoms with E-state index in [1.54, 1.807) is 7.11 Å². The van der Waals surface area contributed by atoms with Gasteiger partial charge in [0.05, 0.1) is 7.11 Å². The van der Waals surface area contributed by atoms with Gasteiger partial charge in [0.2, 0.25) is 0 Å². The monoisotopic (exact) mass is 496 g/mol. The number of aryl methyl sites for hydroxylation is 1. The maximum atomic E-state index is 5.40. The molecule has 1 heterocycles. The Labute approximate surface area is 149 Å². The van der Waals surface area contributed by atoms with Crippen molar-refractivity contribution < 1.29 is 24.1 Å². The first-order chi connectivity index (χ1) is 11.2. The van der Waals surface area contributed by atoms with Crippen LogP contribution in [0.25, 0.3) is 0 Å². The predicted octanol–water partition coefficient (Wildman–Crippen LogP) is 3.56. The summed E-state index contributed by atoms with van der Waals surface area (Å²) in [5.41, 5.74) is 6.53. The van der Waals surface area contributed by atoms with Crippen LogP contribution in [0.1, 0.15) is 43.7 Å². The van der Waals surface area contributed by atoms with Gasteiger partial charge in [0.15, 0.2) is 0 Å². The van der Waals surface area contributed by atoms with E-state index in [1.165, 1.54) is 35.9 Å². The fraction of sp³-hybridized carbons (Fsp3) is 0.500. The third-order valence-corrected chi connectivity index (χ3v) is 5.67. The topological polar surface area (TPSA) is 45.1 Å². The zero-order chi connectivity index (χ0) is 16.7. The van der Waals surface area contributed by atoms with E-state index in [0.29, 0.717) is 6.54 Å². The van der Waals surface area contributed by atoms with Gasteiger partial charge in [-0.15, -0.1) is 0 Å². The molecule has 23 heavy (non-hydrogen) atoms. The number of aromatic nitrogens is 2. The molecule has 0 unspecified atom stereocenters. The minimum absolute atomic E-state index is 0.587. The number of nitrogens with two attached hydrogens (primary N) is 1. The van der Waals surface area contributed by atoms with Gasteiger partial charge >= 0.3 is 89.9 Å². The standard InChI is InChI=1S/C10H16N2.C8H11NO.Pt/c1-11-7-8-12(9-11)10-5-3-2-4-6-10;1-10-8-4-2-7(6-9)3-5-8;/h7-8,10H,2-6H2,1H3;2-5H,6,9H2,1H3;. The molecule has 1 aromatic heterocycles. The van der Waals surface area contributed by atoms with Gasteiger partial charge in [-0.05, 0) is 17.7 Å². The van der Waals surface area contributed by atoms with Crippen LogP contribution in [0.3, 0.4) is 0 Å². The van der Waals surface area contributed by atoms with Gasteiger partial charge in [0.1, 0.15) is 5.75 Å². The van der Waals surface area contributed by atoms with Crippen LogP contribution in [0.4, 0.5) is 0 Å². The summed E-state index contributed by atoms with van der Waals surface area (Å²) in [4.78, 5) is 0. The number of methoxy groups -OCH3 is 1. The number of benzene rings is 1. The van der Waals surface area contributed by atoms with Crippen LogP contribution in [0.15, 0.2) is 36.7 Å². The van der Waals surface area contributed by atoms with Crippen molar-refractivity contribution in [2.45, 2.75) is 44.7 Å². The van der Waals surface area contributed by atoms with E-state index in [0.717, 1.165) is 17.4 Å². The molecule has 3 rings (SSSR count). The molecule has 5 heteroatoms. The third kappa shape index (κ3) is 5.19. The molecule has 0 aliphatic heterocycles. The maximum absolute atomic E-state index is 5.40. The summed E-state index contributed by atoms with van der Waals surface area (Å²) >= 11 is 2.41. The molecule has 0 bridgehead atoms. The first kappa shape index (κ1) is 18.2. The average molecular weight is 497 g/mol. The second kappa shape index (κ2) is 9.24. The number of hydrogen-bond acceptors (Lipinski definition) is 2. The Morgan fingerprint density at radius 1 is 1.13 bits per heavy atom. The molecule has 2 aromatic rings. The van der Waals surface area contributed by atoms with Crippen LogP contribution >= 0.6 is 0 Å². The summed E-state index contributed by atoms with van der Waals surface area (Å²) in [7, 11) is 3.76. The first-order valence-corrected chi connectivity index (χ1v) is 9.31. The van der Waals surface area contributed by atoms with E-state index in [2.05, 4.69) is 47.9 Å². The summed E-state index contributed by atoms with van der Waals surface area (Å²) in [5, 5.41) is 0. The normalized spacial score (nSPS) is 15.0. The Morgan fingerprint density at radius 2 is 1.78 bits per heavy atom. The molecule has 4 nitrogen and oxygen atoms in total. The Hall–Kier alpha value is -1.12. The number of ether oxygens (including phenoxy) is 1. The fourth-order valence-electron chi connectivity index (χ4n) is 2.85. The molecule has 0 amide bonds. The van der Waals surface area contributed by atoms with E-state index in [4.69, 9.17) is 10.5 Å². The van der Waals surface area contributed by atoms with Crippen LogP contribution in [-0.2, 0) is 32.9 Å². The molecule has 1 fully saturated rings. The number of nitrogens with zero attached hydrogens (tertiary/aromatic N) is 2. The molecule has 130 valence electrons. The molecule has 1 saturated carbocycles. The zero-order valence-electron chi connectivity index (χ0n) is 14.0. The van der Waals surface area contributed by atoms with Gasteiger partial charge in [-0.1, -0.05) is 12.1 Å². The number of hydrogen-bond donors (Lipinski definition) is 1. The Kier molecular flexibility index (Phi) is 7.32. The number of imidazole rings is 1. The van der Waals surface area contributed by atoms with Gasteiger partial charge in [0.25, 0.3) is 0 Å². The summed E-state index contributed by atoms with van der Waals surface area (Å²) in [6, 6.07) is 8.49. The predicted molar refractivity (Wildman–Crippen MR) is 89.7 cm³/mol. The van der Waals surface area contributed by atoms with Crippen LogP contribution in [-0.4, -0.2) is 16.2 Å².